The van der Waals surface area contributed by atoms with E-state index in [1.54, 1.807) is 12.1 Å². The fourth-order valence-electron chi connectivity index (χ4n) is 4.43. The molecule has 0 bridgehead atoms. The first-order valence-corrected chi connectivity index (χ1v) is 12.2. The van der Waals surface area contributed by atoms with Crippen molar-refractivity contribution in [1.29, 1.82) is 0 Å². The molecule has 174 valence electrons. The van der Waals surface area contributed by atoms with E-state index in [4.69, 9.17) is 11.6 Å². The third-order valence-corrected chi connectivity index (χ3v) is 6.69. The minimum Gasteiger partial charge on any atom is -0.298 e. The van der Waals surface area contributed by atoms with Crippen LogP contribution in [0.2, 0.25) is 5.02 Å². The maximum absolute atomic E-state index is 13.9. The van der Waals surface area contributed by atoms with Crippen molar-refractivity contribution in [3.05, 3.63) is 94.5 Å². The number of fused-ring (bicyclic) bond motifs is 1. The van der Waals surface area contributed by atoms with Gasteiger partial charge in [0.2, 0.25) is 0 Å². The monoisotopic (exact) mass is 476 g/mol. The smallest absolute Gasteiger partial charge is 0.151 e. The van der Waals surface area contributed by atoms with Crippen molar-refractivity contribution < 1.29 is 13.6 Å². The third-order valence-electron chi connectivity index (χ3n) is 6.33. The Morgan fingerprint density at radius 1 is 0.765 bits per heavy atom. The van der Waals surface area contributed by atoms with Gasteiger partial charge in [0.1, 0.15) is 16.7 Å². The van der Waals surface area contributed by atoms with Crippen LogP contribution in [-0.2, 0) is 6.42 Å². The van der Waals surface area contributed by atoms with Gasteiger partial charge >= 0.3 is 0 Å². The normalized spacial score (nSPS) is 11.2. The van der Waals surface area contributed by atoms with Gasteiger partial charge in [0.25, 0.3) is 0 Å². The quantitative estimate of drug-likeness (QED) is 0.133. The second-order valence-electron chi connectivity index (χ2n) is 8.70. The van der Waals surface area contributed by atoms with Crippen LogP contribution in [0.15, 0.2) is 66.7 Å². The lowest BCUT2D eigenvalue weighted by Gasteiger charge is -2.12. The molecule has 0 radical (unpaired) electrons. The van der Waals surface area contributed by atoms with Crippen molar-refractivity contribution in [2.45, 2.75) is 45.4 Å². The molecule has 0 N–H and O–H groups in total. The maximum Gasteiger partial charge on any atom is 0.151 e. The van der Waals surface area contributed by atoms with Gasteiger partial charge in [0.05, 0.1) is 0 Å². The summed E-state index contributed by atoms with van der Waals surface area (Å²) in [5.74, 6) is -1.59. The highest BCUT2D eigenvalue weighted by molar-refractivity contribution is 6.31. The molecule has 4 heteroatoms. The maximum atomic E-state index is 13.9. The van der Waals surface area contributed by atoms with Gasteiger partial charge in [-0.3, -0.25) is 4.79 Å². The van der Waals surface area contributed by atoms with Crippen molar-refractivity contribution in [1.82, 2.24) is 0 Å². The van der Waals surface area contributed by atoms with Crippen LogP contribution in [-0.4, -0.2) is 6.29 Å². The van der Waals surface area contributed by atoms with E-state index in [9.17, 15) is 13.6 Å². The van der Waals surface area contributed by atoms with E-state index in [0.717, 1.165) is 34.6 Å². The first-order chi connectivity index (χ1) is 16.5. The summed E-state index contributed by atoms with van der Waals surface area (Å²) in [5.41, 5.74) is 4.69. The van der Waals surface area contributed by atoms with Crippen LogP contribution in [0.1, 0.15) is 54.9 Å². The zero-order valence-corrected chi connectivity index (χ0v) is 20.0. The Balaban J connectivity index is 1.60. The van der Waals surface area contributed by atoms with E-state index in [2.05, 4.69) is 25.1 Å². The second-order valence-corrected chi connectivity index (χ2v) is 9.07. The molecule has 0 aliphatic heterocycles. The molecule has 1 nitrogen and oxygen atoms in total. The number of hydrogen-bond donors (Lipinski definition) is 0. The molecule has 0 spiro atoms. The number of rotatable bonds is 9. The van der Waals surface area contributed by atoms with E-state index in [0.29, 0.717) is 16.7 Å². The zero-order chi connectivity index (χ0) is 24.1. The number of aldehydes is 1. The molecule has 34 heavy (non-hydrogen) atoms. The molecule has 0 saturated carbocycles. The Bertz CT molecular complexity index is 1290. The lowest BCUT2D eigenvalue weighted by molar-refractivity contribution is 0.112. The number of unbranched alkanes of at least 4 members (excludes halogenated alkanes) is 4. The number of benzene rings is 4. The Kier molecular flexibility index (Phi) is 7.74. The Morgan fingerprint density at radius 2 is 1.44 bits per heavy atom. The molecule has 4 rings (SSSR count). The van der Waals surface area contributed by atoms with Crippen LogP contribution in [0.5, 0.6) is 0 Å². The summed E-state index contributed by atoms with van der Waals surface area (Å²) in [6, 6.07) is 20.1. The molecule has 4 aromatic carbocycles. The van der Waals surface area contributed by atoms with Crippen LogP contribution in [0.4, 0.5) is 8.78 Å². The number of aryl methyl sites for hydroxylation is 1. The van der Waals surface area contributed by atoms with Gasteiger partial charge in [-0.05, 0) is 63.6 Å². The number of halogens is 3. The van der Waals surface area contributed by atoms with Gasteiger partial charge in [-0.25, -0.2) is 8.78 Å². The molecular formula is C30H27ClF2O. The highest BCUT2D eigenvalue weighted by atomic mass is 35.5. The largest absolute Gasteiger partial charge is 0.298 e. The molecule has 0 atom stereocenters. The van der Waals surface area contributed by atoms with E-state index < -0.39 is 16.7 Å². The van der Waals surface area contributed by atoms with Gasteiger partial charge in [0.15, 0.2) is 6.29 Å². The summed E-state index contributed by atoms with van der Waals surface area (Å²) < 4.78 is 27.7. The number of hydrogen-bond acceptors (Lipinski definition) is 1. The molecule has 0 amide bonds. The summed E-state index contributed by atoms with van der Waals surface area (Å²) in [4.78, 5) is 12.1. The van der Waals surface area contributed by atoms with E-state index in [1.807, 2.05) is 24.3 Å². The SMILES string of the molecule is CCCCCCCc1ccc2c(C=O)c(-c3ccc(-c4cc(F)c(Cl)c(F)c4)cc3)ccc2c1. The molecular weight excluding hydrogens is 450 g/mol. The van der Waals surface area contributed by atoms with Crippen LogP contribution >= 0.6 is 11.6 Å². The molecule has 0 aromatic heterocycles. The van der Waals surface area contributed by atoms with Gasteiger partial charge in [-0.15, -0.1) is 0 Å². The minimum atomic E-state index is -0.793. The molecule has 0 heterocycles. The van der Waals surface area contributed by atoms with Crippen molar-refractivity contribution in [3.8, 4) is 22.3 Å². The van der Waals surface area contributed by atoms with Gasteiger partial charge < -0.3 is 0 Å². The van der Waals surface area contributed by atoms with Gasteiger partial charge in [-0.2, -0.15) is 0 Å². The summed E-state index contributed by atoms with van der Waals surface area (Å²) in [5, 5.41) is 1.47. The summed E-state index contributed by atoms with van der Waals surface area (Å²) in [6.45, 7) is 2.22. The molecule has 4 aromatic rings. The summed E-state index contributed by atoms with van der Waals surface area (Å²) in [6.07, 6.45) is 8.19. The predicted octanol–water partition coefficient (Wildman–Crippen LogP) is 9.43. The number of carbonyl (C=O) groups excluding carboxylic acids is 1. The average Bonchev–Trinajstić information content (AvgIpc) is 2.86. The molecule has 0 aliphatic carbocycles. The second kappa shape index (κ2) is 10.9. The van der Waals surface area contributed by atoms with E-state index in [1.165, 1.54) is 49.8 Å². The van der Waals surface area contributed by atoms with Crippen molar-refractivity contribution in [2.24, 2.45) is 0 Å². The van der Waals surface area contributed by atoms with E-state index in [-0.39, 0.29) is 0 Å². The molecule has 0 unspecified atom stereocenters. The van der Waals surface area contributed by atoms with Crippen LogP contribution in [0.3, 0.4) is 0 Å². The Morgan fingerprint density at radius 3 is 2.12 bits per heavy atom. The van der Waals surface area contributed by atoms with Crippen LogP contribution in [0.25, 0.3) is 33.0 Å². The fourth-order valence-corrected chi connectivity index (χ4v) is 4.54. The Hall–Kier alpha value is -3.04. The topological polar surface area (TPSA) is 17.1 Å². The lowest BCUT2D eigenvalue weighted by atomic mass is 9.92. The Labute approximate surface area is 204 Å². The fraction of sp³-hybridized carbons (Fsp3) is 0.233. The van der Waals surface area contributed by atoms with Crippen LogP contribution in [0, 0.1) is 11.6 Å². The highest BCUT2D eigenvalue weighted by Gasteiger charge is 2.12. The third kappa shape index (κ3) is 5.20. The first kappa shape index (κ1) is 24.1. The molecule has 0 saturated heterocycles. The van der Waals surface area contributed by atoms with Gasteiger partial charge in [-0.1, -0.05) is 98.8 Å². The van der Waals surface area contributed by atoms with E-state index >= 15 is 0 Å². The first-order valence-electron chi connectivity index (χ1n) is 11.8. The number of carbonyl (C=O) groups is 1. The highest BCUT2D eigenvalue weighted by Crippen LogP contribution is 2.33. The van der Waals surface area contributed by atoms with Crippen molar-refractivity contribution >= 4 is 28.7 Å². The zero-order valence-electron chi connectivity index (χ0n) is 19.2. The van der Waals surface area contributed by atoms with Crippen molar-refractivity contribution in [2.75, 3.05) is 0 Å². The standard InChI is InChI=1S/C30H27ClF2O/c1-2-3-4-5-6-7-20-8-14-26-23(16-20)13-15-25(27(26)19-34)22-11-9-21(10-12-22)24-17-28(32)30(31)29(33)18-24/h8-19H,2-7H2,1H3. The summed E-state index contributed by atoms with van der Waals surface area (Å²) in [7, 11) is 0. The summed E-state index contributed by atoms with van der Waals surface area (Å²) >= 11 is 5.59. The van der Waals surface area contributed by atoms with Gasteiger partial charge in [0, 0.05) is 5.56 Å². The molecule has 0 aliphatic rings. The van der Waals surface area contributed by atoms with Crippen molar-refractivity contribution in [3.63, 3.8) is 0 Å². The minimum absolute atomic E-state index is 0.405. The average molecular weight is 477 g/mol. The lowest BCUT2D eigenvalue weighted by Crippen LogP contribution is -1.93. The predicted molar refractivity (Wildman–Crippen MR) is 138 cm³/mol. The molecule has 0 fully saturated rings. The van der Waals surface area contributed by atoms with Crippen LogP contribution < -0.4 is 0 Å².